The van der Waals surface area contributed by atoms with E-state index >= 15 is 0 Å². The van der Waals surface area contributed by atoms with Gasteiger partial charge in [-0.25, -0.2) is 8.42 Å². The minimum atomic E-state index is -4.80. The zero-order valence-corrected chi connectivity index (χ0v) is 14.6. The lowest BCUT2D eigenvalue weighted by Crippen LogP contribution is -2.35. The largest absolute Gasteiger partial charge is 0.417 e. The summed E-state index contributed by atoms with van der Waals surface area (Å²) >= 11 is 5.58. The Morgan fingerprint density at radius 1 is 1.39 bits per heavy atom. The van der Waals surface area contributed by atoms with Gasteiger partial charge in [-0.1, -0.05) is 18.5 Å². The fourth-order valence-electron chi connectivity index (χ4n) is 2.44. The third-order valence-electron chi connectivity index (χ3n) is 3.88. The van der Waals surface area contributed by atoms with Gasteiger partial charge in [0.2, 0.25) is 10.0 Å². The minimum absolute atomic E-state index is 0. The molecule has 1 heterocycles. The van der Waals surface area contributed by atoms with Gasteiger partial charge in [0.25, 0.3) is 0 Å². The van der Waals surface area contributed by atoms with Crippen LogP contribution >= 0.6 is 24.0 Å². The predicted octanol–water partition coefficient (Wildman–Crippen LogP) is 3.14. The average molecular weight is 393 g/mol. The van der Waals surface area contributed by atoms with E-state index in [1.165, 1.54) is 0 Å². The molecule has 1 aromatic rings. The molecule has 1 aromatic carbocycles. The van der Waals surface area contributed by atoms with Gasteiger partial charge in [0.15, 0.2) is 0 Å². The molecule has 1 unspecified atom stereocenters. The van der Waals surface area contributed by atoms with E-state index < -0.39 is 32.1 Å². The Kier molecular flexibility index (Phi) is 6.02. The standard InChI is InChI=1S/C13H16ClF3N2O2S.ClH/c1-12(7-18)4-5-19(8-12)22(20,21)11-3-2-9(14)6-10(11)13(15,16)17;/h2-3,6H,4-5,7-8,18H2,1H3;1H. The maximum Gasteiger partial charge on any atom is 0.417 e. The van der Waals surface area contributed by atoms with Crippen molar-refractivity contribution < 1.29 is 21.6 Å². The van der Waals surface area contributed by atoms with Crippen molar-refractivity contribution in [3.63, 3.8) is 0 Å². The summed E-state index contributed by atoms with van der Waals surface area (Å²) in [6.45, 7) is 2.34. The Morgan fingerprint density at radius 2 is 2.00 bits per heavy atom. The topological polar surface area (TPSA) is 63.4 Å². The van der Waals surface area contributed by atoms with Crippen LogP contribution in [0.15, 0.2) is 23.1 Å². The van der Waals surface area contributed by atoms with E-state index in [-0.39, 0.29) is 37.1 Å². The van der Waals surface area contributed by atoms with Gasteiger partial charge in [-0.2, -0.15) is 17.5 Å². The van der Waals surface area contributed by atoms with Crippen LogP contribution in [0.2, 0.25) is 5.02 Å². The predicted molar refractivity (Wildman–Crippen MR) is 84.2 cm³/mol. The van der Waals surface area contributed by atoms with Crippen molar-refractivity contribution in [3.05, 3.63) is 28.8 Å². The normalized spacial score (nSPS) is 22.9. The highest BCUT2D eigenvalue weighted by Crippen LogP contribution is 2.39. The number of halogens is 5. The number of nitrogens with two attached hydrogens (primary N) is 1. The van der Waals surface area contributed by atoms with E-state index in [0.29, 0.717) is 12.5 Å². The molecule has 0 aromatic heterocycles. The molecule has 1 saturated heterocycles. The SMILES string of the molecule is CC1(CN)CCN(S(=O)(=O)c2ccc(Cl)cc2C(F)(F)F)C1.Cl. The van der Waals surface area contributed by atoms with Crippen molar-refractivity contribution in [2.45, 2.75) is 24.4 Å². The second-order valence-corrected chi connectivity index (χ2v) is 8.08. The van der Waals surface area contributed by atoms with Crippen LogP contribution in [-0.4, -0.2) is 32.4 Å². The summed E-state index contributed by atoms with van der Waals surface area (Å²) in [5.41, 5.74) is 3.94. The van der Waals surface area contributed by atoms with Gasteiger partial charge >= 0.3 is 6.18 Å². The average Bonchev–Trinajstić information content (AvgIpc) is 2.81. The van der Waals surface area contributed by atoms with Gasteiger partial charge in [0, 0.05) is 18.1 Å². The number of hydrogen-bond donors (Lipinski definition) is 1. The van der Waals surface area contributed by atoms with E-state index in [9.17, 15) is 21.6 Å². The molecule has 23 heavy (non-hydrogen) atoms. The van der Waals surface area contributed by atoms with Crippen molar-refractivity contribution in [3.8, 4) is 0 Å². The van der Waals surface area contributed by atoms with Crippen LogP contribution in [-0.2, 0) is 16.2 Å². The maximum atomic E-state index is 13.1. The summed E-state index contributed by atoms with van der Waals surface area (Å²) in [7, 11) is -4.25. The fraction of sp³-hybridized carbons (Fsp3) is 0.538. The Hall–Kier alpha value is -0.540. The van der Waals surface area contributed by atoms with Gasteiger partial charge in [-0.15, -0.1) is 12.4 Å². The quantitative estimate of drug-likeness (QED) is 0.858. The number of alkyl halides is 3. The molecule has 1 aliphatic heterocycles. The Labute approximate surface area is 144 Å². The summed E-state index contributed by atoms with van der Waals surface area (Å²) < 4.78 is 65.5. The first kappa shape index (κ1) is 20.5. The highest BCUT2D eigenvalue weighted by atomic mass is 35.5. The van der Waals surface area contributed by atoms with Crippen molar-refractivity contribution >= 4 is 34.0 Å². The summed E-state index contributed by atoms with van der Waals surface area (Å²) in [5, 5.41) is -0.167. The first-order valence-corrected chi connectivity index (χ1v) is 8.38. The molecule has 2 rings (SSSR count). The van der Waals surface area contributed by atoms with Gasteiger partial charge in [0.1, 0.15) is 0 Å². The molecule has 0 bridgehead atoms. The van der Waals surface area contributed by atoms with Gasteiger partial charge < -0.3 is 5.73 Å². The molecule has 1 atom stereocenters. The second-order valence-electron chi connectivity index (χ2n) is 5.74. The molecular formula is C13H17Cl2F3N2O2S. The molecule has 0 aliphatic carbocycles. The molecule has 0 spiro atoms. The summed E-state index contributed by atoms with van der Waals surface area (Å²) in [4.78, 5) is -0.773. The summed E-state index contributed by atoms with van der Waals surface area (Å²) in [6, 6.07) is 2.67. The Balaban J connectivity index is 0.00000264. The van der Waals surface area contributed by atoms with Crippen molar-refractivity contribution in [1.82, 2.24) is 4.31 Å². The van der Waals surface area contributed by atoms with Crippen LogP contribution < -0.4 is 5.73 Å². The van der Waals surface area contributed by atoms with Gasteiger partial charge in [-0.3, -0.25) is 0 Å². The minimum Gasteiger partial charge on any atom is -0.330 e. The molecule has 10 heteroatoms. The van der Waals surface area contributed by atoms with E-state index in [2.05, 4.69) is 0 Å². The van der Waals surface area contributed by atoms with Crippen LogP contribution in [0.25, 0.3) is 0 Å². The smallest absolute Gasteiger partial charge is 0.330 e. The zero-order chi connectivity index (χ0) is 16.8. The molecule has 0 saturated carbocycles. The van der Waals surface area contributed by atoms with Gasteiger partial charge in [0.05, 0.1) is 10.5 Å². The lowest BCUT2D eigenvalue weighted by molar-refractivity contribution is -0.139. The van der Waals surface area contributed by atoms with Crippen LogP contribution in [0.3, 0.4) is 0 Å². The third kappa shape index (κ3) is 4.11. The van der Waals surface area contributed by atoms with E-state index in [1.54, 1.807) is 0 Å². The number of sulfonamides is 1. The molecule has 1 aliphatic rings. The van der Waals surface area contributed by atoms with Gasteiger partial charge in [-0.05, 0) is 36.6 Å². The van der Waals surface area contributed by atoms with Crippen LogP contribution in [0.4, 0.5) is 13.2 Å². The highest BCUT2D eigenvalue weighted by Gasteiger charge is 2.43. The molecule has 4 nitrogen and oxygen atoms in total. The van der Waals surface area contributed by atoms with Crippen LogP contribution in [0.5, 0.6) is 0 Å². The van der Waals surface area contributed by atoms with Crippen molar-refractivity contribution in [2.24, 2.45) is 11.1 Å². The van der Waals surface area contributed by atoms with Crippen LogP contribution in [0, 0.1) is 5.41 Å². The Morgan fingerprint density at radius 3 is 2.48 bits per heavy atom. The number of hydrogen-bond acceptors (Lipinski definition) is 3. The highest BCUT2D eigenvalue weighted by molar-refractivity contribution is 7.89. The first-order chi connectivity index (χ1) is 9.99. The molecule has 0 radical (unpaired) electrons. The fourth-order valence-corrected chi connectivity index (χ4v) is 4.39. The molecular weight excluding hydrogens is 376 g/mol. The number of nitrogens with zero attached hydrogens (tertiary/aromatic N) is 1. The lowest BCUT2D eigenvalue weighted by Gasteiger charge is -2.23. The molecule has 1 fully saturated rings. The Bertz CT molecular complexity index is 682. The lowest BCUT2D eigenvalue weighted by atomic mass is 9.90. The zero-order valence-electron chi connectivity index (χ0n) is 12.2. The number of benzene rings is 1. The number of rotatable bonds is 3. The second kappa shape index (κ2) is 6.76. The first-order valence-electron chi connectivity index (χ1n) is 6.57. The van der Waals surface area contributed by atoms with Crippen LogP contribution in [0.1, 0.15) is 18.9 Å². The van der Waals surface area contributed by atoms with E-state index in [1.807, 2.05) is 6.92 Å². The summed E-state index contributed by atoms with van der Waals surface area (Å²) in [6.07, 6.45) is -4.29. The van der Waals surface area contributed by atoms with Crippen molar-refractivity contribution in [2.75, 3.05) is 19.6 Å². The molecule has 132 valence electrons. The molecule has 2 N–H and O–H groups in total. The monoisotopic (exact) mass is 392 g/mol. The van der Waals surface area contributed by atoms with E-state index in [0.717, 1.165) is 16.4 Å². The third-order valence-corrected chi connectivity index (χ3v) is 6.02. The summed E-state index contributed by atoms with van der Waals surface area (Å²) in [5.74, 6) is 0. The van der Waals surface area contributed by atoms with Crippen molar-refractivity contribution in [1.29, 1.82) is 0 Å². The maximum absolute atomic E-state index is 13.1. The van der Waals surface area contributed by atoms with E-state index in [4.69, 9.17) is 17.3 Å². The molecule has 0 amide bonds.